The summed E-state index contributed by atoms with van der Waals surface area (Å²) in [4.78, 5) is 0.0726. The lowest BCUT2D eigenvalue weighted by molar-refractivity contribution is 0.309. The van der Waals surface area contributed by atoms with E-state index in [0.717, 1.165) is 18.9 Å². The van der Waals surface area contributed by atoms with Crippen LogP contribution in [0.25, 0.3) is 0 Å². The van der Waals surface area contributed by atoms with Crippen LogP contribution < -0.4 is 9.46 Å². The van der Waals surface area contributed by atoms with Gasteiger partial charge in [-0.3, -0.25) is 4.72 Å². The number of unbranched alkanes of at least 4 members (excludes halogenated alkanes) is 1. The minimum Gasteiger partial charge on any atom is -0.494 e. The Balaban J connectivity index is 2.17. The van der Waals surface area contributed by atoms with Crippen LogP contribution in [0.2, 0.25) is 5.02 Å². The highest BCUT2D eigenvalue weighted by molar-refractivity contribution is 7.92. The van der Waals surface area contributed by atoms with E-state index >= 15 is 0 Å². The van der Waals surface area contributed by atoms with Crippen LogP contribution in [0, 0.1) is 12.7 Å². The molecule has 0 atom stereocenters. The first kappa shape index (κ1) is 18.5. The van der Waals surface area contributed by atoms with Crippen molar-refractivity contribution in [2.24, 2.45) is 0 Å². The Morgan fingerprint density at radius 2 is 1.88 bits per heavy atom. The van der Waals surface area contributed by atoms with Crippen LogP contribution in [0.15, 0.2) is 41.3 Å². The Morgan fingerprint density at radius 3 is 2.50 bits per heavy atom. The van der Waals surface area contributed by atoms with Gasteiger partial charge in [-0.25, -0.2) is 12.8 Å². The molecule has 0 spiro atoms. The molecule has 0 radical (unpaired) electrons. The maximum absolute atomic E-state index is 13.4. The van der Waals surface area contributed by atoms with E-state index in [1.807, 2.05) is 0 Å². The zero-order valence-corrected chi connectivity index (χ0v) is 15.0. The van der Waals surface area contributed by atoms with Crippen LogP contribution in [-0.4, -0.2) is 15.0 Å². The number of nitrogens with one attached hydrogen (secondary N) is 1. The minimum atomic E-state index is -3.82. The molecule has 0 saturated heterocycles. The second-order valence-corrected chi connectivity index (χ2v) is 7.45. The number of benzene rings is 2. The molecule has 0 amide bonds. The zero-order chi connectivity index (χ0) is 17.7. The molecule has 2 aromatic rings. The third kappa shape index (κ3) is 4.61. The van der Waals surface area contributed by atoms with E-state index in [2.05, 4.69) is 11.6 Å². The molecule has 2 aromatic carbocycles. The first-order chi connectivity index (χ1) is 11.3. The highest BCUT2D eigenvalue weighted by Crippen LogP contribution is 2.28. The summed E-state index contributed by atoms with van der Waals surface area (Å²) in [5.41, 5.74) is 0.440. The van der Waals surface area contributed by atoms with Gasteiger partial charge in [0.25, 0.3) is 10.0 Å². The molecule has 0 aromatic heterocycles. The van der Waals surface area contributed by atoms with Gasteiger partial charge in [-0.05, 0) is 55.3 Å². The molecule has 0 saturated carbocycles. The van der Waals surface area contributed by atoms with Crippen molar-refractivity contribution in [3.63, 3.8) is 0 Å². The van der Waals surface area contributed by atoms with Gasteiger partial charge in [-0.2, -0.15) is 0 Å². The van der Waals surface area contributed by atoms with Gasteiger partial charge >= 0.3 is 0 Å². The van der Waals surface area contributed by atoms with Crippen molar-refractivity contribution in [2.45, 2.75) is 31.6 Å². The Morgan fingerprint density at radius 1 is 1.21 bits per heavy atom. The Labute approximate surface area is 146 Å². The van der Waals surface area contributed by atoms with Crippen molar-refractivity contribution < 1.29 is 17.5 Å². The van der Waals surface area contributed by atoms with Crippen LogP contribution in [0.3, 0.4) is 0 Å². The lowest BCUT2D eigenvalue weighted by Gasteiger charge is -2.12. The molecule has 0 aliphatic heterocycles. The molecule has 0 unspecified atom stereocenters. The Kier molecular flexibility index (Phi) is 6.07. The number of halogens is 2. The van der Waals surface area contributed by atoms with Crippen molar-refractivity contribution in [1.82, 2.24) is 0 Å². The monoisotopic (exact) mass is 371 g/mol. The summed E-state index contributed by atoms with van der Waals surface area (Å²) in [6.07, 6.45) is 1.96. The van der Waals surface area contributed by atoms with Crippen LogP contribution in [-0.2, 0) is 10.0 Å². The lowest BCUT2D eigenvalue weighted by atomic mass is 10.2. The molecule has 2 rings (SSSR count). The average molecular weight is 372 g/mol. The number of rotatable bonds is 7. The maximum atomic E-state index is 13.4. The summed E-state index contributed by atoms with van der Waals surface area (Å²) in [6, 6.07) is 8.54. The van der Waals surface area contributed by atoms with Gasteiger partial charge in [-0.15, -0.1) is 0 Å². The van der Waals surface area contributed by atoms with Gasteiger partial charge in [0, 0.05) is 0 Å². The van der Waals surface area contributed by atoms with Gasteiger partial charge in [0.2, 0.25) is 0 Å². The van der Waals surface area contributed by atoms with E-state index in [-0.39, 0.29) is 15.6 Å². The number of anilines is 1. The van der Waals surface area contributed by atoms with Crippen LogP contribution in [0.5, 0.6) is 5.75 Å². The van der Waals surface area contributed by atoms with Gasteiger partial charge < -0.3 is 4.74 Å². The molecule has 0 fully saturated rings. The average Bonchev–Trinajstić information content (AvgIpc) is 2.53. The number of hydrogen-bond acceptors (Lipinski definition) is 3. The molecule has 0 bridgehead atoms. The van der Waals surface area contributed by atoms with E-state index < -0.39 is 15.8 Å². The molecule has 4 nitrogen and oxygen atoms in total. The van der Waals surface area contributed by atoms with Crippen molar-refractivity contribution in [3.05, 3.63) is 52.8 Å². The second-order valence-electron chi connectivity index (χ2n) is 5.36. The fourth-order valence-electron chi connectivity index (χ4n) is 1.99. The fourth-order valence-corrected chi connectivity index (χ4v) is 3.31. The number of ether oxygens (including phenoxy) is 1. The zero-order valence-electron chi connectivity index (χ0n) is 13.5. The molecule has 0 heterocycles. The topological polar surface area (TPSA) is 55.4 Å². The van der Waals surface area contributed by atoms with Crippen molar-refractivity contribution in [2.75, 3.05) is 11.3 Å². The molecule has 7 heteroatoms. The Bertz CT molecular complexity index is 807. The normalized spacial score (nSPS) is 11.3. The van der Waals surface area contributed by atoms with Crippen molar-refractivity contribution >= 4 is 27.3 Å². The van der Waals surface area contributed by atoms with Gasteiger partial charge in [0.05, 0.1) is 22.2 Å². The van der Waals surface area contributed by atoms with Crippen molar-refractivity contribution in [3.8, 4) is 5.75 Å². The summed E-state index contributed by atoms with van der Waals surface area (Å²) < 4.78 is 46.1. The van der Waals surface area contributed by atoms with Crippen molar-refractivity contribution in [1.29, 1.82) is 0 Å². The van der Waals surface area contributed by atoms with E-state index in [0.29, 0.717) is 17.9 Å². The number of hydrogen-bond donors (Lipinski definition) is 1. The number of sulfonamides is 1. The predicted octanol–water partition coefficient (Wildman–Crippen LogP) is 4.77. The predicted molar refractivity (Wildman–Crippen MR) is 93.8 cm³/mol. The van der Waals surface area contributed by atoms with Crippen LogP contribution in [0.1, 0.15) is 25.3 Å². The quantitative estimate of drug-likeness (QED) is 0.713. The summed E-state index contributed by atoms with van der Waals surface area (Å²) in [5, 5.41) is 0.00111. The largest absolute Gasteiger partial charge is 0.494 e. The summed E-state index contributed by atoms with van der Waals surface area (Å²) in [6.45, 7) is 4.18. The van der Waals surface area contributed by atoms with Crippen LogP contribution in [0.4, 0.5) is 10.1 Å². The second kappa shape index (κ2) is 7.85. The molecule has 1 N–H and O–H groups in total. The summed E-state index contributed by atoms with van der Waals surface area (Å²) in [7, 11) is -3.82. The Hall–Kier alpha value is -1.79. The van der Waals surface area contributed by atoms with E-state index in [4.69, 9.17) is 16.3 Å². The minimum absolute atomic E-state index is 0.00111. The standard InChI is InChI=1S/C17H19ClFNO3S/c1-3-4-9-23-13-5-7-14(8-6-13)24(21,22)20-17-10-12(2)16(19)11-15(17)18/h5-8,10-11,20H,3-4,9H2,1-2H3. The molecular formula is C17H19ClFNO3S. The first-order valence-electron chi connectivity index (χ1n) is 7.55. The highest BCUT2D eigenvalue weighted by Gasteiger charge is 2.17. The van der Waals surface area contributed by atoms with E-state index in [1.165, 1.54) is 25.1 Å². The smallest absolute Gasteiger partial charge is 0.261 e. The first-order valence-corrected chi connectivity index (χ1v) is 9.41. The highest BCUT2D eigenvalue weighted by atomic mass is 35.5. The van der Waals surface area contributed by atoms with Gasteiger partial charge in [0.1, 0.15) is 11.6 Å². The van der Waals surface area contributed by atoms with Crippen LogP contribution >= 0.6 is 11.6 Å². The molecule has 0 aliphatic carbocycles. The lowest BCUT2D eigenvalue weighted by Crippen LogP contribution is -2.13. The third-order valence-electron chi connectivity index (χ3n) is 3.39. The molecule has 130 valence electrons. The number of aryl methyl sites for hydroxylation is 1. The molecular weight excluding hydrogens is 353 g/mol. The van der Waals surface area contributed by atoms with Gasteiger partial charge in [0.15, 0.2) is 0 Å². The molecule has 0 aliphatic rings. The maximum Gasteiger partial charge on any atom is 0.261 e. The van der Waals surface area contributed by atoms with E-state index in [1.54, 1.807) is 12.1 Å². The summed E-state index contributed by atoms with van der Waals surface area (Å²) >= 11 is 5.90. The third-order valence-corrected chi connectivity index (χ3v) is 5.09. The SMILES string of the molecule is CCCCOc1ccc(S(=O)(=O)Nc2cc(C)c(F)cc2Cl)cc1. The van der Waals surface area contributed by atoms with Gasteiger partial charge in [-0.1, -0.05) is 24.9 Å². The fraction of sp³-hybridized carbons (Fsp3) is 0.294. The summed E-state index contributed by atoms with van der Waals surface area (Å²) in [5.74, 6) is 0.120. The van der Waals surface area contributed by atoms with E-state index in [9.17, 15) is 12.8 Å². The molecule has 24 heavy (non-hydrogen) atoms.